The molecule has 2 unspecified atom stereocenters. The van der Waals surface area contributed by atoms with E-state index in [0.717, 1.165) is 6.42 Å². The second kappa shape index (κ2) is 10.1. The third kappa shape index (κ3) is 4.71. The average Bonchev–Trinajstić information content (AvgIpc) is 3.38. The van der Waals surface area contributed by atoms with Crippen LogP contribution in [0.1, 0.15) is 74.7 Å². The van der Waals surface area contributed by atoms with Crippen LogP contribution in [0.3, 0.4) is 0 Å². The Morgan fingerprint density at radius 1 is 1.31 bits per heavy atom. The van der Waals surface area contributed by atoms with Crippen LogP contribution in [0.2, 0.25) is 0 Å². The van der Waals surface area contributed by atoms with Gasteiger partial charge < -0.3 is 24.4 Å². The quantitative estimate of drug-likeness (QED) is 0.361. The zero-order chi connectivity index (χ0) is 27.2. The fourth-order valence-electron chi connectivity index (χ4n) is 7.16. The molecule has 3 fully saturated rings. The van der Waals surface area contributed by atoms with Crippen molar-refractivity contribution in [3.63, 3.8) is 0 Å². The van der Waals surface area contributed by atoms with Crippen molar-refractivity contribution < 1.29 is 29.0 Å². The molecule has 8 heteroatoms. The summed E-state index contributed by atoms with van der Waals surface area (Å²) in [6, 6.07) is -1.51. The second-order valence-electron chi connectivity index (χ2n) is 12.8. The minimum atomic E-state index is -1.12. The first-order valence-electron chi connectivity index (χ1n) is 13.4. The Hall–Kier alpha value is -1.93. The molecule has 1 spiro atoms. The number of carbonyl (C=O) groups is 3. The van der Waals surface area contributed by atoms with Gasteiger partial charge in [0.2, 0.25) is 11.8 Å². The Balaban J connectivity index is 2.14. The first kappa shape index (κ1) is 28.6. The second-order valence-corrected chi connectivity index (χ2v) is 12.8. The van der Waals surface area contributed by atoms with Gasteiger partial charge in [0.05, 0.1) is 37.2 Å². The van der Waals surface area contributed by atoms with Gasteiger partial charge in [0.15, 0.2) is 0 Å². The number of carbonyl (C=O) groups excluding carboxylic acids is 3. The number of aliphatic hydroxyl groups excluding tert-OH is 1. The molecule has 3 saturated heterocycles. The molecular formula is C28H46N2O6. The van der Waals surface area contributed by atoms with Crippen molar-refractivity contribution in [2.24, 2.45) is 23.2 Å². The van der Waals surface area contributed by atoms with Gasteiger partial charge in [-0.15, -0.1) is 6.58 Å². The van der Waals surface area contributed by atoms with Gasteiger partial charge in [0.25, 0.3) is 0 Å². The third-order valence-electron chi connectivity index (χ3n) is 8.12. The van der Waals surface area contributed by atoms with E-state index in [1.54, 1.807) is 22.8 Å². The van der Waals surface area contributed by atoms with E-state index in [0.29, 0.717) is 19.4 Å². The van der Waals surface area contributed by atoms with Gasteiger partial charge in [-0.05, 0) is 51.4 Å². The highest BCUT2D eigenvalue weighted by molar-refractivity contribution is 5.98. The molecule has 1 N–H and O–H groups in total. The normalized spacial score (nSPS) is 30.5. The molecular weight excluding hydrogens is 460 g/mol. The van der Waals surface area contributed by atoms with Crippen molar-refractivity contribution in [1.82, 2.24) is 9.80 Å². The molecule has 3 aliphatic heterocycles. The van der Waals surface area contributed by atoms with Crippen molar-refractivity contribution in [2.75, 3.05) is 19.8 Å². The zero-order valence-corrected chi connectivity index (χ0v) is 23.4. The van der Waals surface area contributed by atoms with Gasteiger partial charge in [-0.3, -0.25) is 14.4 Å². The van der Waals surface area contributed by atoms with E-state index in [1.807, 2.05) is 27.7 Å². The monoisotopic (exact) mass is 506 g/mol. The molecule has 0 aromatic heterocycles. The lowest BCUT2D eigenvalue weighted by atomic mass is 9.70. The minimum absolute atomic E-state index is 0.0436. The molecule has 36 heavy (non-hydrogen) atoms. The predicted octanol–water partition coefficient (Wildman–Crippen LogP) is 3.17. The molecule has 0 aromatic carbocycles. The van der Waals surface area contributed by atoms with Crippen molar-refractivity contribution in [1.29, 1.82) is 0 Å². The van der Waals surface area contributed by atoms with Crippen molar-refractivity contribution in [3.05, 3.63) is 12.7 Å². The Bertz CT molecular complexity index is 878. The van der Waals surface area contributed by atoms with E-state index < -0.39 is 47.1 Å². The molecule has 8 nitrogen and oxygen atoms in total. The molecule has 204 valence electrons. The minimum Gasteiger partial charge on any atom is -0.466 e. The van der Waals surface area contributed by atoms with Crippen LogP contribution < -0.4 is 0 Å². The number of esters is 1. The molecule has 0 aliphatic carbocycles. The number of fused-ring (bicyclic) bond motifs is 1. The smallest absolute Gasteiger partial charge is 0.312 e. The summed E-state index contributed by atoms with van der Waals surface area (Å²) in [5.41, 5.74) is -1.69. The summed E-state index contributed by atoms with van der Waals surface area (Å²) >= 11 is 0. The fraction of sp³-hybridized carbons (Fsp3) is 0.821. The maximum Gasteiger partial charge on any atom is 0.312 e. The number of likely N-dealkylation sites (tertiary alicyclic amines) is 1. The van der Waals surface area contributed by atoms with Crippen molar-refractivity contribution in [3.8, 4) is 0 Å². The lowest BCUT2D eigenvalue weighted by Crippen LogP contribution is -2.63. The summed E-state index contributed by atoms with van der Waals surface area (Å²) in [5, 5.41) is 10.4. The highest BCUT2D eigenvalue weighted by Gasteiger charge is 2.76. The summed E-state index contributed by atoms with van der Waals surface area (Å²) in [7, 11) is 0. The lowest BCUT2D eigenvalue weighted by Gasteiger charge is -2.46. The molecule has 2 bridgehead atoms. The van der Waals surface area contributed by atoms with E-state index >= 15 is 0 Å². The summed E-state index contributed by atoms with van der Waals surface area (Å²) in [6.07, 6.45) is 3.09. The standard InChI is InChI=1S/C28H46N2O6/c1-10-14-29(27(8,9)16-26(5,6)7)24(33)22-28-13-12-19(36-28)20(25(34)35-11-2)21(28)23(32)30(22)18(15-31)17(3)4/h10,17-22,31H,1,11-16H2,2-9H3/t18-,19+,20-,21-,22?,28?/m0/s1. The first-order valence-corrected chi connectivity index (χ1v) is 13.4. The van der Waals surface area contributed by atoms with Gasteiger partial charge in [-0.1, -0.05) is 40.7 Å². The molecule has 3 rings (SSSR count). The third-order valence-corrected chi connectivity index (χ3v) is 8.12. The van der Waals surface area contributed by atoms with Gasteiger partial charge in [0.1, 0.15) is 11.6 Å². The lowest BCUT2D eigenvalue weighted by molar-refractivity contribution is -0.158. The molecule has 0 radical (unpaired) electrons. The van der Waals surface area contributed by atoms with Crippen LogP contribution in [0.5, 0.6) is 0 Å². The predicted molar refractivity (Wildman–Crippen MR) is 137 cm³/mol. The number of hydrogen-bond acceptors (Lipinski definition) is 6. The highest BCUT2D eigenvalue weighted by Crippen LogP contribution is 2.59. The molecule has 2 amide bonds. The number of hydrogen-bond donors (Lipinski definition) is 1. The van der Waals surface area contributed by atoms with Crippen LogP contribution in [0.25, 0.3) is 0 Å². The Morgan fingerprint density at radius 3 is 2.44 bits per heavy atom. The maximum atomic E-state index is 14.6. The van der Waals surface area contributed by atoms with Gasteiger partial charge in [-0.25, -0.2) is 0 Å². The number of aliphatic hydroxyl groups is 1. The highest BCUT2D eigenvalue weighted by atomic mass is 16.6. The SMILES string of the molecule is C=CCN(C(=O)C1N([C@@H](CO)C(C)C)C(=O)[C@@H]2[C@@H](C(=O)OCC)[C@H]3CCC12O3)C(C)(C)CC(C)(C)C. The van der Waals surface area contributed by atoms with Gasteiger partial charge in [0, 0.05) is 12.1 Å². The van der Waals surface area contributed by atoms with Crippen molar-refractivity contribution in [2.45, 2.75) is 104 Å². The van der Waals surface area contributed by atoms with Gasteiger partial charge in [-0.2, -0.15) is 0 Å². The Kier molecular flexibility index (Phi) is 8.02. The number of nitrogens with zero attached hydrogens (tertiary/aromatic N) is 2. The van der Waals surface area contributed by atoms with E-state index in [4.69, 9.17) is 9.47 Å². The van der Waals surface area contributed by atoms with Crippen LogP contribution in [-0.4, -0.2) is 81.8 Å². The van der Waals surface area contributed by atoms with Crippen LogP contribution in [0.4, 0.5) is 0 Å². The van der Waals surface area contributed by atoms with Gasteiger partial charge >= 0.3 is 5.97 Å². The molecule has 0 saturated carbocycles. The maximum absolute atomic E-state index is 14.6. The molecule has 0 aromatic rings. The largest absolute Gasteiger partial charge is 0.466 e. The molecule has 6 atom stereocenters. The van der Waals surface area contributed by atoms with Crippen LogP contribution >= 0.6 is 0 Å². The Labute approximate surface area is 216 Å². The van der Waals surface area contributed by atoms with E-state index in [9.17, 15) is 19.5 Å². The number of ether oxygens (including phenoxy) is 2. The molecule has 3 aliphatic rings. The van der Waals surface area contributed by atoms with Crippen LogP contribution in [-0.2, 0) is 23.9 Å². The van der Waals surface area contributed by atoms with Crippen LogP contribution in [0.15, 0.2) is 12.7 Å². The zero-order valence-electron chi connectivity index (χ0n) is 23.4. The van der Waals surface area contributed by atoms with Crippen LogP contribution in [0, 0.1) is 23.2 Å². The summed E-state index contributed by atoms with van der Waals surface area (Å²) < 4.78 is 11.8. The molecule has 3 heterocycles. The topological polar surface area (TPSA) is 96.4 Å². The van der Waals surface area contributed by atoms with E-state index in [1.165, 1.54) is 0 Å². The summed E-state index contributed by atoms with van der Waals surface area (Å²) in [6.45, 7) is 20.2. The first-order chi connectivity index (χ1) is 16.7. The Morgan fingerprint density at radius 2 is 1.94 bits per heavy atom. The van der Waals surface area contributed by atoms with E-state index in [-0.39, 0.29) is 36.4 Å². The van der Waals surface area contributed by atoms with Crippen molar-refractivity contribution >= 4 is 17.8 Å². The van der Waals surface area contributed by atoms with E-state index in [2.05, 4.69) is 27.4 Å². The summed E-state index contributed by atoms with van der Waals surface area (Å²) in [4.78, 5) is 45.1. The fourth-order valence-corrected chi connectivity index (χ4v) is 7.16. The number of amides is 2. The number of rotatable bonds is 10. The average molecular weight is 507 g/mol. The summed E-state index contributed by atoms with van der Waals surface area (Å²) in [5.74, 6) is -2.60.